The van der Waals surface area contributed by atoms with E-state index >= 15 is 0 Å². The van der Waals surface area contributed by atoms with E-state index in [1.54, 1.807) is 0 Å². The summed E-state index contributed by atoms with van der Waals surface area (Å²) >= 11 is 0. The molecule has 1 heterocycles. The highest BCUT2D eigenvalue weighted by Crippen LogP contribution is 2.40. The molecular formula is C17H19F2N3. The molecule has 0 amide bonds. The van der Waals surface area contributed by atoms with E-state index in [0.29, 0.717) is 12.8 Å². The number of hydrogen-bond acceptors (Lipinski definition) is 2. The molecule has 1 aliphatic carbocycles. The first-order valence-corrected chi connectivity index (χ1v) is 7.42. The van der Waals surface area contributed by atoms with Gasteiger partial charge in [-0.1, -0.05) is 36.9 Å². The molecule has 4 atom stereocenters. The molecule has 1 saturated carbocycles. The average molecular weight is 303 g/mol. The van der Waals surface area contributed by atoms with Crippen molar-refractivity contribution < 1.29 is 8.78 Å². The van der Waals surface area contributed by atoms with Gasteiger partial charge in [0, 0.05) is 19.1 Å². The van der Waals surface area contributed by atoms with Crippen LogP contribution < -0.4 is 0 Å². The monoisotopic (exact) mass is 303 g/mol. The Morgan fingerprint density at radius 3 is 2.50 bits per heavy atom. The lowest BCUT2D eigenvalue weighted by Gasteiger charge is -2.21. The SMILES string of the molecule is C=NN1C(=NCC(=C)C2CC2F)C(F)CC1c1ccccc1. The fraction of sp³-hybridized carbons (Fsp3) is 0.412. The number of aliphatic imine (C=N–C) groups is 1. The Morgan fingerprint density at radius 1 is 1.23 bits per heavy atom. The van der Waals surface area contributed by atoms with Crippen molar-refractivity contribution in [2.45, 2.75) is 31.2 Å². The molecule has 1 aliphatic heterocycles. The highest BCUT2D eigenvalue weighted by Gasteiger charge is 2.41. The van der Waals surface area contributed by atoms with Gasteiger partial charge in [0.1, 0.15) is 6.17 Å². The lowest BCUT2D eigenvalue weighted by Crippen LogP contribution is -2.25. The fourth-order valence-electron chi connectivity index (χ4n) is 2.89. The molecule has 3 rings (SSSR count). The molecule has 0 radical (unpaired) electrons. The number of alkyl halides is 2. The molecule has 3 nitrogen and oxygen atoms in total. The van der Waals surface area contributed by atoms with Crippen LogP contribution in [0.15, 0.2) is 52.6 Å². The molecule has 0 bridgehead atoms. The zero-order valence-corrected chi connectivity index (χ0v) is 12.3. The predicted octanol–water partition coefficient (Wildman–Crippen LogP) is 3.70. The maximum absolute atomic E-state index is 14.3. The Labute approximate surface area is 129 Å². The molecule has 1 aromatic carbocycles. The third-order valence-electron chi connectivity index (χ3n) is 4.26. The Bertz CT molecular complexity index is 599. The highest BCUT2D eigenvalue weighted by atomic mass is 19.1. The molecule has 116 valence electrons. The maximum atomic E-state index is 14.3. The van der Waals surface area contributed by atoms with Gasteiger partial charge < -0.3 is 0 Å². The highest BCUT2D eigenvalue weighted by molar-refractivity contribution is 5.89. The van der Waals surface area contributed by atoms with Gasteiger partial charge in [0.25, 0.3) is 0 Å². The lowest BCUT2D eigenvalue weighted by molar-refractivity contribution is 0.346. The number of amidine groups is 1. The van der Waals surface area contributed by atoms with E-state index in [2.05, 4.69) is 23.4 Å². The number of benzene rings is 1. The number of hydrogen-bond donors (Lipinski definition) is 0. The van der Waals surface area contributed by atoms with E-state index < -0.39 is 12.3 Å². The summed E-state index contributed by atoms with van der Waals surface area (Å²) in [5, 5.41) is 5.47. The van der Waals surface area contributed by atoms with E-state index in [1.165, 1.54) is 5.01 Å². The van der Waals surface area contributed by atoms with Gasteiger partial charge in [0.2, 0.25) is 0 Å². The van der Waals surface area contributed by atoms with E-state index in [9.17, 15) is 8.78 Å². The Kier molecular flexibility index (Phi) is 4.05. The number of halogens is 2. The molecule has 1 aromatic rings. The van der Waals surface area contributed by atoms with E-state index in [1.807, 2.05) is 30.3 Å². The summed E-state index contributed by atoms with van der Waals surface area (Å²) in [6, 6.07) is 9.42. The molecule has 2 aliphatic rings. The first kappa shape index (κ1) is 14.9. The molecule has 5 heteroatoms. The van der Waals surface area contributed by atoms with Crippen LogP contribution in [0.3, 0.4) is 0 Å². The summed E-state index contributed by atoms with van der Waals surface area (Å²) in [4.78, 5) is 4.30. The summed E-state index contributed by atoms with van der Waals surface area (Å²) in [5.41, 5.74) is 1.70. The van der Waals surface area contributed by atoms with Gasteiger partial charge in [-0.05, 0) is 17.6 Å². The third-order valence-corrected chi connectivity index (χ3v) is 4.26. The standard InChI is InChI=1S/C17H19F2N3/c1-11(13-8-14(13)18)10-21-17-15(19)9-16(22(17)20-2)12-6-4-3-5-7-12/h3-7,13-16H,1-2,8-10H2. The van der Waals surface area contributed by atoms with Crippen molar-refractivity contribution in [2.24, 2.45) is 16.0 Å². The van der Waals surface area contributed by atoms with Crippen LogP contribution in [0.4, 0.5) is 8.78 Å². The van der Waals surface area contributed by atoms with Gasteiger partial charge >= 0.3 is 0 Å². The largest absolute Gasteiger partial charge is 0.264 e. The predicted molar refractivity (Wildman–Crippen MR) is 84.5 cm³/mol. The molecule has 4 unspecified atom stereocenters. The second-order valence-corrected chi connectivity index (χ2v) is 5.81. The zero-order chi connectivity index (χ0) is 15.7. The Morgan fingerprint density at radius 2 is 1.91 bits per heavy atom. The number of hydrazone groups is 1. The summed E-state index contributed by atoms with van der Waals surface area (Å²) in [6.07, 6.45) is -1.19. The fourth-order valence-corrected chi connectivity index (χ4v) is 2.89. The summed E-state index contributed by atoms with van der Waals surface area (Å²) in [7, 11) is 0. The molecule has 0 aromatic heterocycles. The lowest BCUT2D eigenvalue weighted by atomic mass is 10.1. The van der Waals surface area contributed by atoms with E-state index in [0.717, 1.165) is 11.1 Å². The summed E-state index contributed by atoms with van der Waals surface area (Å²) < 4.78 is 27.3. The van der Waals surface area contributed by atoms with Crippen molar-refractivity contribution in [1.29, 1.82) is 0 Å². The van der Waals surface area contributed by atoms with Crippen LogP contribution in [0.1, 0.15) is 24.4 Å². The van der Waals surface area contributed by atoms with Crippen LogP contribution in [0.2, 0.25) is 0 Å². The Hall–Kier alpha value is -2.04. The molecule has 2 fully saturated rings. The molecular weight excluding hydrogens is 284 g/mol. The molecule has 1 saturated heterocycles. The molecule has 0 spiro atoms. The van der Waals surface area contributed by atoms with Crippen molar-refractivity contribution in [1.82, 2.24) is 5.01 Å². The molecule has 22 heavy (non-hydrogen) atoms. The van der Waals surface area contributed by atoms with Crippen LogP contribution in [-0.4, -0.2) is 36.5 Å². The minimum absolute atomic E-state index is 0.112. The van der Waals surface area contributed by atoms with Gasteiger partial charge in [-0.15, -0.1) is 0 Å². The first-order chi connectivity index (χ1) is 10.6. The summed E-state index contributed by atoms with van der Waals surface area (Å²) in [5.74, 6) is 0.153. The first-order valence-electron chi connectivity index (χ1n) is 7.42. The van der Waals surface area contributed by atoms with Crippen LogP contribution in [0, 0.1) is 5.92 Å². The quantitative estimate of drug-likeness (QED) is 0.602. The van der Waals surface area contributed by atoms with Crippen molar-refractivity contribution >= 4 is 12.6 Å². The Balaban J connectivity index is 1.76. The average Bonchev–Trinajstić information content (AvgIpc) is 3.18. The minimum atomic E-state index is -1.19. The molecule has 0 N–H and O–H groups in total. The normalized spacial score (nSPS) is 32.3. The third kappa shape index (κ3) is 2.80. The maximum Gasteiger partial charge on any atom is 0.161 e. The zero-order valence-electron chi connectivity index (χ0n) is 12.3. The van der Waals surface area contributed by atoms with Crippen molar-refractivity contribution in [2.75, 3.05) is 6.54 Å². The van der Waals surface area contributed by atoms with Crippen LogP contribution in [0.25, 0.3) is 0 Å². The van der Waals surface area contributed by atoms with Crippen LogP contribution >= 0.6 is 0 Å². The van der Waals surface area contributed by atoms with Gasteiger partial charge in [-0.3, -0.25) is 4.99 Å². The summed E-state index contributed by atoms with van der Waals surface area (Å²) in [6.45, 7) is 7.63. The van der Waals surface area contributed by atoms with Gasteiger partial charge in [-0.25, -0.2) is 13.8 Å². The number of rotatable bonds is 5. The minimum Gasteiger partial charge on any atom is -0.264 e. The van der Waals surface area contributed by atoms with Crippen molar-refractivity contribution in [3.05, 3.63) is 48.0 Å². The van der Waals surface area contributed by atoms with Gasteiger partial charge in [0.05, 0.1) is 12.6 Å². The second kappa shape index (κ2) is 5.99. The number of nitrogens with zero attached hydrogens (tertiary/aromatic N) is 3. The van der Waals surface area contributed by atoms with Gasteiger partial charge in [-0.2, -0.15) is 5.10 Å². The van der Waals surface area contributed by atoms with E-state index in [4.69, 9.17) is 0 Å². The topological polar surface area (TPSA) is 28.0 Å². The van der Waals surface area contributed by atoms with Gasteiger partial charge in [0.15, 0.2) is 12.0 Å². The van der Waals surface area contributed by atoms with Crippen molar-refractivity contribution in [3.8, 4) is 0 Å². The second-order valence-electron chi connectivity index (χ2n) is 5.81. The van der Waals surface area contributed by atoms with E-state index in [-0.39, 0.29) is 24.3 Å². The van der Waals surface area contributed by atoms with Crippen molar-refractivity contribution in [3.63, 3.8) is 0 Å². The van der Waals surface area contributed by atoms with Crippen LogP contribution in [-0.2, 0) is 0 Å². The van der Waals surface area contributed by atoms with Crippen LogP contribution in [0.5, 0.6) is 0 Å². The smallest absolute Gasteiger partial charge is 0.161 e.